The van der Waals surface area contributed by atoms with Gasteiger partial charge in [-0.15, -0.1) is 0 Å². The Labute approximate surface area is 111 Å². The highest BCUT2D eigenvalue weighted by Crippen LogP contribution is 2.26. The summed E-state index contributed by atoms with van der Waals surface area (Å²) in [6, 6.07) is 3.86. The first-order valence-electron chi connectivity index (χ1n) is 5.91. The summed E-state index contributed by atoms with van der Waals surface area (Å²) >= 11 is 4.09. The summed E-state index contributed by atoms with van der Waals surface area (Å²) in [6.07, 6.45) is 1.80. The normalized spacial score (nSPS) is 19.9. The van der Waals surface area contributed by atoms with Crippen LogP contribution in [0.25, 0.3) is 0 Å². The Morgan fingerprint density at radius 3 is 3.24 bits per heavy atom. The maximum Gasteiger partial charge on any atom is 0.168 e. The predicted octanol–water partition coefficient (Wildman–Crippen LogP) is 2.74. The highest BCUT2D eigenvalue weighted by Gasteiger charge is 2.14. The van der Waals surface area contributed by atoms with Gasteiger partial charge < -0.3 is 10.1 Å². The first-order valence-corrected chi connectivity index (χ1v) is 8.11. The molecule has 1 atom stereocenters. The minimum Gasteiger partial charge on any atom is -0.490 e. The summed E-state index contributed by atoms with van der Waals surface area (Å²) in [7, 11) is 0. The van der Waals surface area contributed by atoms with Gasteiger partial charge in [0.05, 0.1) is 6.61 Å². The molecule has 0 radical (unpaired) electrons. The van der Waals surface area contributed by atoms with Gasteiger partial charge in [0.2, 0.25) is 0 Å². The van der Waals surface area contributed by atoms with Crippen LogP contribution in [0.2, 0.25) is 0 Å². The molecule has 0 saturated carbocycles. The van der Waals surface area contributed by atoms with Crippen molar-refractivity contribution >= 4 is 29.3 Å². The molecule has 94 valence electrons. The molecule has 0 spiro atoms. The molecule has 0 amide bonds. The van der Waals surface area contributed by atoms with Gasteiger partial charge in [0.15, 0.2) is 11.6 Å². The Kier molecular flexibility index (Phi) is 5.32. The maximum absolute atomic E-state index is 5.54. The first kappa shape index (κ1) is 12.9. The van der Waals surface area contributed by atoms with Crippen LogP contribution in [0, 0.1) is 0 Å². The SMILES string of the molecule is CCOc1cccnc1NCC1CSCCS1. The highest BCUT2D eigenvalue weighted by molar-refractivity contribution is 8.06. The van der Waals surface area contributed by atoms with Crippen LogP contribution in [-0.4, -0.2) is 40.6 Å². The van der Waals surface area contributed by atoms with E-state index < -0.39 is 0 Å². The van der Waals surface area contributed by atoms with Crippen LogP contribution in [0.3, 0.4) is 0 Å². The third-order valence-electron chi connectivity index (χ3n) is 2.45. The first-order chi connectivity index (χ1) is 8.40. The van der Waals surface area contributed by atoms with Crippen molar-refractivity contribution in [3.8, 4) is 5.75 Å². The van der Waals surface area contributed by atoms with E-state index in [2.05, 4.69) is 10.3 Å². The molecule has 1 fully saturated rings. The number of nitrogens with one attached hydrogen (secondary N) is 1. The number of rotatable bonds is 5. The molecule has 2 rings (SSSR count). The van der Waals surface area contributed by atoms with E-state index in [0.717, 1.165) is 18.1 Å². The van der Waals surface area contributed by atoms with Gasteiger partial charge in [0, 0.05) is 35.3 Å². The molecule has 1 saturated heterocycles. The fourth-order valence-electron chi connectivity index (χ4n) is 1.66. The zero-order valence-electron chi connectivity index (χ0n) is 10.0. The van der Waals surface area contributed by atoms with Gasteiger partial charge in [-0.25, -0.2) is 4.98 Å². The van der Waals surface area contributed by atoms with Crippen molar-refractivity contribution in [3.63, 3.8) is 0 Å². The Morgan fingerprint density at radius 1 is 1.53 bits per heavy atom. The molecule has 1 N–H and O–H groups in total. The number of pyridine rings is 1. The number of hydrogen-bond donors (Lipinski definition) is 1. The van der Waals surface area contributed by atoms with Gasteiger partial charge >= 0.3 is 0 Å². The lowest BCUT2D eigenvalue weighted by atomic mass is 10.4. The van der Waals surface area contributed by atoms with E-state index in [-0.39, 0.29) is 0 Å². The van der Waals surface area contributed by atoms with Gasteiger partial charge in [0.1, 0.15) is 0 Å². The summed E-state index contributed by atoms with van der Waals surface area (Å²) < 4.78 is 5.54. The number of thioether (sulfide) groups is 2. The Balaban J connectivity index is 1.88. The van der Waals surface area contributed by atoms with Crippen molar-refractivity contribution in [3.05, 3.63) is 18.3 Å². The highest BCUT2D eigenvalue weighted by atomic mass is 32.2. The second kappa shape index (κ2) is 7.01. The molecule has 3 nitrogen and oxygen atoms in total. The van der Waals surface area contributed by atoms with Crippen molar-refractivity contribution in [2.75, 3.05) is 35.7 Å². The standard InChI is InChI=1S/C12H18N2OS2/c1-2-15-11-4-3-5-13-12(11)14-8-10-9-16-6-7-17-10/h3-5,10H,2,6-9H2,1H3,(H,13,14). The van der Waals surface area contributed by atoms with E-state index >= 15 is 0 Å². The number of aromatic nitrogens is 1. The number of ether oxygens (including phenoxy) is 1. The van der Waals surface area contributed by atoms with Gasteiger partial charge in [-0.1, -0.05) is 0 Å². The minimum absolute atomic E-state index is 0.675. The number of nitrogens with zero attached hydrogens (tertiary/aromatic N) is 1. The van der Waals surface area contributed by atoms with E-state index in [0.29, 0.717) is 11.9 Å². The molecular formula is C12H18N2OS2. The lowest BCUT2D eigenvalue weighted by Crippen LogP contribution is -2.23. The molecule has 17 heavy (non-hydrogen) atoms. The second-order valence-electron chi connectivity index (χ2n) is 3.73. The quantitative estimate of drug-likeness (QED) is 0.890. The van der Waals surface area contributed by atoms with Gasteiger partial charge in [0.25, 0.3) is 0 Å². The minimum atomic E-state index is 0.675. The van der Waals surface area contributed by atoms with Crippen LogP contribution in [0.15, 0.2) is 18.3 Å². The van der Waals surface area contributed by atoms with Crippen LogP contribution in [0.4, 0.5) is 5.82 Å². The van der Waals surface area contributed by atoms with Gasteiger partial charge in [-0.05, 0) is 19.1 Å². The third-order valence-corrected chi connectivity index (χ3v) is 5.30. The van der Waals surface area contributed by atoms with Crippen molar-refractivity contribution in [1.29, 1.82) is 0 Å². The van der Waals surface area contributed by atoms with E-state index in [1.807, 2.05) is 42.6 Å². The molecule has 0 bridgehead atoms. The third kappa shape index (κ3) is 4.00. The van der Waals surface area contributed by atoms with E-state index in [1.54, 1.807) is 6.20 Å². The molecule has 1 aliphatic rings. The van der Waals surface area contributed by atoms with E-state index in [9.17, 15) is 0 Å². The van der Waals surface area contributed by atoms with Gasteiger partial charge in [-0.3, -0.25) is 0 Å². The van der Waals surface area contributed by atoms with Crippen molar-refractivity contribution in [2.45, 2.75) is 12.2 Å². The zero-order chi connectivity index (χ0) is 11.9. The average Bonchev–Trinajstić information content (AvgIpc) is 2.39. The molecule has 1 aromatic rings. The van der Waals surface area contributed by atoms with E-state index in [4.69, 9.17) is 4.74 Å². The molecule has 1 aliphatic heterocycles. The zero-order valence-corrected chi connectivity index (χ0v) is 11.6. The fourth-order valence-corrected chi connectivity index (χ4v) is 4.27. The second-order valence-corrected chi connectivity index (χ2v) is 6.29. The van der Waals surface area contributed by atoms with Crippen molar-refractivity contribution in [1.82, 2.24) is 4.98 Å². The summed E-state index contributed by atoms with van der Waals surface area (Å²) in [4.78, 5) is 4.33. The van der Waals surface area contributed by atoms with Crippen molar-refractivity contribution < 1.29 is 4.74 Å². The molecule has 5 heteroatoms. The van der Waals surface area contributed by atoms with Crippen LogP contribution < -0.4 is 10.1 Å². The summed E-state index contributed by atoms with van der Waals surface area (Å²) in [6.45, 7) is 3.63. The molecule has 0 aliphatic carbocycles. The van der Waals surface area contributed by atoms with Crippen LogP contribution in [0.5, 0.6) is 5.75 Å². The van der Waals surface area contributed by atoms with Crippen LogP contribution in [0.1, 0.15) is 6.92 Å². The molecule has 0 aromatic carbocycles. The lowest BCUT2D eigenvalue weighted by molar-refractivity contribution is 0.340. The monoisotopic (exact) mass is 270 g/mol. The van der Waals surface area contributed by atoms with Crippen LogP contribution >= 0.6 is 23.5 Å². The summed E-state index contributed by atoms with van der Waals surface area (Å²) in [5.74, 6) is 5.50. The summed E-state index contributed by atoms with van der Waals surface area (Å²) in [5, 5.41) is 4.08. The Hall–Kier alpha value is -0.550. The maximum atomic E-state index is 5.54. The predicted molar refractivity (Wildman–Crippen MR) is 77.5 cm³/mol. The molecule has 1 unspecified atom stereocenters. The average molecular weight is 270 g/mol. The van der Waals surface area contributed by atoms with E-state index in [1.165, 1.54) is 17.3 Å². The largest absolute Gasteiger partial charge is 0.490 e. The topological polar surface area (TPSA) is 34.1 Å². The van der Waals surface area contributed by atoms with Crippen molar-refractivity contribution in [2.24, 2.45) is 0 Å². The molecule has 2 heterocycles. The Morgan fingerprint density at radius 2 is 2.47 bits per heavy atom. The Bertz CT molecular complexity index is 343. The number of anilines is 1. The fraction of sp³-hybridized carbons (Fsp3) is 0.583. The van der Waals surface area contributed by atoms with Gasteiger partial charge in [-0.2, -0.15) is 23.5 Å². The van der Waals surface area contributed by atoms with Crippen LogP contribution in [-0.2, 0) is 0 Å². The molecular weight excluding hydrogens is 252 g/mol. The molecule has 1 aromatic heterocycles. The number of hydrogen-bond acceptors (Lipinski definition) is 5. The lowest BCUT2D eigenvalue weighted by Gasteiger charge is -2.21. The smallest absolute Gasteiger partial charge is 0.168 e. The summed E-state index contributed by atoms with van der Waals surface area (Å²) in [5.41, 5.74) is 0.